The molecule has 1 aliphatic heterocycles. The number of para-hydroxylation sites is 1. The lowest BCUT2D eigenvalue weighted by molar-refractivity contribution is -0.384. The van der Waals surface area contributed by atoms with Crippen molar-refractivity contribution < 1.29 is 19.2 Å². The van der Waals surface area contributed by atoms with Gasteiger partial charge in [-0.15, -0.1) is 0 Å². The zero-order valence-corrected chi connectivity index (χ0v) is 19.6. The molecule has 1 amide bonds. The van der Waals surface area contributed by atoms with Crippen molar-refractivity contribution in [3.63, 3.8) is 0 Å². The summed E-state index contributed by atoms with van der Waals surface area (Å²) in [6.07, 6.45) is 1.97. The Kier molecular flexibility index (Phi) is 7.68. The highest BCUT2D eigenvalue weighted by Gasteiger charge is 2.24. The third-order valence-corrected chi connectivity index (χ3v) is 5.83. The van der Waals surface area contributed by atoms with E-state index >= 15 is 0 Å². The summed E-state index contributed by atoms with van der Waals surface area (Å²) < 4.78 is 5.30. The number of nitro groups is 1. The normalized spacial score (nSPS) is 13.5. The Bertz CT molecular complexity index is 1020. The van der Waals surface area contributed by atoms with Crippen molar-refractivity contribution in [3.05, 3.63) is 63.2 Å². The van der Waals surface area contributed by atoms with Crippen LogP contribution in [0, 0.1) is 10.1 Å². The van der Waals surface area contributed by atoms with Gasteiger partial charge < -0.3 is 15.0 Å². The van der Waals surface area contributed by atoms with E-state index in [0.29, 0.717) is 5.69 Å². The average molecular weight is 454 g/mol. The molecule has 1 saturated heterocycles. The molecule has 8 nitrogen and oxygen atoms in total. The fourth-order valence-electron chi connectivity index (χ4n) is 4.11. The summed E-state index contributed by atoms with van der Waals surface area (Å²) in [5.41, 5.74) is 3.27. The van der Waals surface area contributed by atoms with Crippen LogP contribution in [0.2, 0.25) is 0 Å². The molecule has 176 valence electrons. The molecule has 33 heavy (non-hydrogen) atoms. The number of ether oxygens (including phenoxy) is 1. The zero-order valence-electron chi connectivity index (χ0n) is 19.6. The number of esters is 1. The van der Waals surface area contributed by atoms with Crippen molar-refractivity contribution >= 4 is 28.9 Å². The summed E-state index contributed by atoms with van der Waals surface area (Å²) in [5, 5.41) is 14.1. The van der Waals surface area contributed by atoms with Gasteiger partial charge >= 0.3 is 5.97 Å². The van der Waals surface area contributed by atoms with Gasteiger partial charge in [-0.3, -0.25) is 14.9 Å². The van der Waals surface area contributed by atoms with Crippen molar-refractivity contribution in [2.45, 2.75) is 52.4 Å². The number of anilines is 2. The predicted molar refractivity (Wildman–Crippen MR) is 128 cm³/mol. The Morgan fingerprint density at radius 3 is 2.21 bits per heavy atom. The van der Waals surface area contributed by atoms with Gasteiger partial charge in [-0.25, -0.2) is 4.79 Å². The molecule has 0 aromatic heterocycles. The molecule has 3 rings (SSSR count). The molecule has 0 unspecified atom stereocenters. The Balaban J connectivity index is 1.77. The monoisotopic (exact) mass is 453 g/mol. The van der Waals surface area contributed by atoms with Crippen molar-refractivity contribution in [1.29, 1.82) is 0 Å². The van der Waals surface area contributed by atoms with Gasteiger partial charge in [-0.2, -0.15) is 0 Å². The first kappa shape index (κ1) is 24.2. The summed E-state index contributed by atoms with van der Waals surface area (Å²) in [6.45, 7) is 9.26. The number of carbonyl (C=O) groups excluding carboxylic acids is 2. The van der Waals surface area contributed by atoms with E-state index in [-0.39, 0.29) is 23.1 Å². The Morgan fingerprint density at radius 1 is 1.06 bits per heavy atom. The highest BCUT2D eigenvalue weighted by atomic mass is 16.6. The fourth-order valence-corrected chi connectivity index (χ4v) is 4.11. The zero-order chi connectivity index (χ0) is 24.1. The third-order valence-electron chi connectivity index (χ3n) is 5.83. The van der Waals surface area contributed by atoms with Crippen LogP contribution in [0.3, 0.4) is 0 Å². The lowest BCUT2D eigenvalue weighted by Crippen LogP contribution is -2.25. The average Bonchev–Trinajstić information content (AvgIpc) is 3.31. The maximum atomic E-state index is 12.9. The molecule has 1 N–H and O–H groups in total. The third kappa shape index (κ3) is 5.69. The van der Waals surface area contributed by atoms with E-state index in [0.717, 1.165) is 42.7 Å². The molecule has 0 saturated carbocycles. The maximum Gasteiger partial charge on any atom is 0.341 e. The van der Waals surface area contributed by atoms with Crippen LogP contribution in [-0.2, 0) is 9.53 Å². The minimum Gasteiger partial charge on any atom is -0.452 e. The topological polar surface area (TPSA) is 102 Å². The van der Waals surface area contributed by atoms with E-state index < -0.39 is 23.4 Å². The molecule has 1 heterocycles. The molecule has 2 aromatic carbocycles. The number of amides is 1. The number of carbonyl (C=O) groups is 2. The van der Waals surface area contributed by atoms with Crippen LogP contribution in [0.25, 0.3) is 0 Å². The van der Waals surface area contributed by atoms with E-state index in [4.69, 9.17) is 4.74 Å². The van der Waals surface area contributed by atoms with Gasteiger partial charge in [-0.1, -0.05) is 45.9 Å². The van der Waals surface area contributed by atoms with E-state index in [1.807, 2.05) is 23.1 Å². The number of nitrogens with one attached hydrogen (secondary N) is 1. The molecule has 1 aliphatic rings. The second-order valence-corrected chi connectivity index (χ2v) is 8.90. The standard InChI is InChI=1S/C25H31N3O5/c1-16(2)19-8-7-9-20(17(3)4)24(19)26-23(29)15-33-25(30)21-14-18(28(31)32)10-11-22(21)27-12-5-6-13-27/h7-11,14,16-17H,5-6,12-13,15H2,1-4H3,(H,26,29). The van der Waals surface area contributed by atoms with Crippen molar-refractivity contribution in [3.8, 4) is 0 Å². The number of benzene rings is 2. The van der Waals surface area contributed by atoms with Gasteiger partial charge in [0.05, 0.1) is 16.2 Å². The lowest BCUT2D eigenvalue weighted by atomic mass is 9.92. The number of nitro benzene ring substituents is 1. The van der Waals surface area contributed by atoms with Gasteiger partial charge in [0.15, 0.2) is 6.61 Å². The molecule has 2 aromatic rings. The first-order chi connectivity index (χ1) is 15.7. The van der Waals surface area contributed by atoms with E-state index in [1.54, 1.807) is 6.07 Å². The molecule has 0 radical (unpaired) electrons. The summed E-state index contributed by atoms with van der Waals surface area (Å²) in [5.74, 6) is -0.799. The van der Waals surface area contributed by atoms with Gasteiger partial charge in [0.1, 0.15) is 0 Å². The van der Waals surface area contributed by atoms with Crippen LogP contribution in [0.15, 0.2) is 36.4 Å². The van der Waals surface area contributed by atoms with Crippen molar-refractivity contribution in [2.24, 2.45) is 0 Å². The molecular weight excluding hydrogens is 422 g/mol. The van der Waals surface area contributed by atoms with Gasteiger partial charge in [-0.05, 0) is 41.9 Å². The SMILES string of the molecule is CC(C)c1cccc(C(C)C)c1NC(=O)COC(=O)c1cc([N+](=O)[O-])ccc1N1CCCC1. The van der Waals surface area contributed by atoms with Crippen LogP contribution < -0.4 is 10.2 Å². The summed E-state index contributed by atoms with van der Waals surface area (Å²) in [6, 6.07) is 10.1. The summed E-state index contributed by atoms with van der Waals surface area (Å²) in [4.78, 5) is 38.2. The van der Waals surface area contributed by atoms with Gasteiger partial charge in [0.2, 0.25) is 0 Å². The summed E-state index contributed by atoms with van der Waals surface area (Å²) >= 11 is 0. The van der Waals surface area contributed by atoms with Gasteiger partial charge in [0, 0.05) is 30.9 Å². The first-order valence-corrected chi connectivity index (χ1v) is 11.3. The minimum absolute atomic E-state index is 0.101. The predicted octanol–water partition coefficient (Wildman–Crippen LogP) is 5.24. The van der Waals surface area contributed by atoms with Crippen LogP contribution in [0.1, 0.15) is 73.9 Å². The minimum atomic E-state index is -0.753. The summed E-state index contributed by atoms with van der Waals surface area (Å²) in [7, 11) is 0. The molecule has 1 fully saturated rings. The number of hydrogen-bond donors (Lipinski definition) is 1. The van der Waals surface area contributed by atoms with Crippen molar-refractivity contribution in [1.82, 2.24) is 0 Å². The second-order valence-electron chi connectivity index (χ2n) is 8.90. The number of nitrogens with zero attached hydrogens (tertiary/aromatic N) is 2. The molecule has 0 aliphatic carbocycles. The number of hydrogen-bond acceptors (Lipinski definition) is 6. The molecule has 0 bridgehead atoms. The van der Waals surface area contributed by atoms with Gasteiger partial charge in [0.25, 0.3) is 11.6 Å². The highest BCUT2D eigenvalue weighted by Crippen LogP contribution is 2.32. The molecule has 8 heteroatoms. The van der Waals surface area contributed by atoms with Crippen LogP contribution in [0.5, 0.6) is 0 Å². The largest absolute Gasteiger partial charge is 0.452 e. The Hall–Kier alpha value is -3.42. The van der Waals surface area contributed by atoms with E-state index in [9.17, 15) is 19.7 Å². The molecule has 0 atom stereocenters. The highest BCUT2D eigenvalue weighted by molar-refractivity contribution is 5.99. The smallest absolute Gasteiger partial charge is 0.341 e. The van der Waals surface area contributed by atoms with Crippen LogP contribution >= 0.6 is 0 Å². The van der Waals surface area contributed by atoms with E-state index in [2.05, 4.69) is 33.0 Å². The van der Waals surface area contributed by atoms with Crippen molar-refractivity contribution in [2.75, 3.05) is 29.9 Å². The number of rotatable bonds is 8. The lowest BCUT2D eigenvalue weighted by Gasteiger charge is -2.21. The Morgan fingerprint density at radius 2 is 1.67 bits per heavy atom. The first-order valence-electron chi connectivity index (χ1n) is 11.3. The Labute approximate surface area is 194 Å². The quantitative estimate of drug-likeness (QED) is 0.333. The number of non-ortho nitro benzene ring substituents is 1. The maximum absolute atomic E-state index is 12.9. The van der Waals surface area contributed by atoms with Crippen LogP contribution in [0.4, 0.5) is 17.1 Å². The molecular formula is C25H31N3O5. The second kappa shape index (κ2) is 10.5. The fraction of sp³-hybridized carbons (Fsp3) is 0.440. The van der Waals surface area contributed by atoms with E-state index in [1.165, 1.54) is 12.1 Å². The molecule has 0 spiro atoms. The van der Waals surface area contributed by atoms with Crippen LogP contribution in [-0.4, -0.2) is 36.5 Å².